The summed E-state index contributed by atoms with van der Waals surface area (Å²) < 4.78 is 4.87. The highest BCUT2D eigenvalue weighted by molar-refractivity contribution is 7.39. The molecule has 1 aliphatic carbocycles. The van der Waals surface area contributed by atoms with Crippen molar-refractivity contribution >= 4 is 33.4 Å². The van der Waals surface area contributed by atoms with Crippen LogP contribution in [-0.4, -0.2) is 15.9 Å². The lowest BCUT2D eigenvalue weighted by atomic mass is 9.98. The highest BCUT2D eigenvalue weighted by atomic mass is 35.5. The van der Waals surface area contributed by atoms with Crippen LogP contribution in [0.1, 0.15) is 32.1 Å². The lowest BCUT2D eigenvalue weighted by Gasteiger charge is -2.21. The number of hydrogen-bond acceptors (Lipinski definition) is 3. The molecule has 1 aliphatic rings. The molecule has 0 atom stereocenters. The Morgan fingerprint density at radius 1 is 1.00 bits per heavy atom. The maximum Gasteiger partial charge on any atom is 0.327 e. The van der Waals surface area contributed by atoms with Crippen molar-refractivity contribution in [3.05, 3.63) is 0 Å². The van der Waals surface area contributed by atoms with Crippen molar-refractivity contribution in [2.45, 2.75) is 38.2 Å². The maximum atomic E-state index is 8.50. The maximum absolute atomic E-state index is 8.50. The van der Waals surface area contributed by atoms with Gasteiger partial charge in [-0.15, -0.1) is 24.8 Å². The second-order valence-corrected chi connectivity index (χ2v) is 3.33. The van der Waals surface area contributed by atoms with Crippen LogP contribution >= 0.6 is 33.4 Å². The van der Waals surface area contributed by atoms with E-state index in [1.165, 1.54) is 6.42 Å². The van der Waals surface area contributed by atoms with Crippen molar-refractivity contribution in [3.8, 4) is 0 Å². The van der Waals surface area contributed by atoms with Crippen molar-refractivity contribution in [2.75, 3.05) is 0 Å². The summed E-state index contributed by atoms with van der Waals surface area (Å²) in [5.41, 5.74) is 0. The van der Waals surface area contributed by atoms with Crippen LogP contribution in [0.4, 0.5) is 0 Å². The summed E-state index contributed by atoms with van der Waals surface area (Å²) in [6, 6.07) is 0. The van der Waals surface area contributed by atoms with Crippen molar-refractivity contribution in [2.24, 2.45) is 0 Å². The molecule has 0 aromatic carbocycles. The molecule has 0 heterocycles. The van der Waals surface area contributed by atoms with Crippen molar-refractivity contribution in [3.63, 3.8) is 0 Å². The molecule has 0 bridgehead atoms. The van der Waals surface area contributed by atoms with Crippen LogP contribution < -0.4 is 0 Å². The zero-order valence-corrected chi connectivity index (χ0v) is 9.21. The molecule has 76 valence electrons. The first-order chi connectivity index (χ1) is 4.79. The molecule has 2 N–H and O–H groups in total. The van der Waals surface area contributed by atoms with Gasteiger partial charge in [0.05, 0.1) is 6.10 Å². The Hall–Kier alpha value is 0.890. The average Bonchev–Trinajstić information content (AvgIpc) is 1.88. The third kappa shape index (κ3) is 6.41. The summed E-state index contributed by atoms with van der Waals surface area (Å²) in [6.07, 6.45) is 5.66. The Morgan fingerprint density at radius 3 is 1.92 bits per heavy atom. The highest BCUT2D eigenvalue weighted by Crippen LogP contribution is 2.32. The van der Waals surface area contributed by atoms with Gasteiger partial charge in [-0.2, -0.15) is 0 Å². The van der Waals surface area contributed by atoms with Gasteiger partial charge in [-0.1, -0.05) is 19.3 Å². The van der Waals surface area contributed by atoms with E-state index in [9.17, 15) is 0 Å². The predicted octanol–water partition coefficient (Wildman–Crippen LogP) is 2.39. The summed E-state index contributed by atoms with van der Waals surface area (Å²) in [5, 5.41) is 0. The van der Waals surface area contributed by atoms with Gasteiger partial charge in [-0.3, -0.25) is 0 Å². The smallest absolute Gasteiger partial charge is 0.327 e. The average molecular weight is 237 g/mol. The van der Waals surface area contributed by atoms with Crippen LogP contribution in [-0.2, 0) is 4.52 Å². The quantitative estimate of drug-likeness (QED) is 0.725. The van der Waals surface area contributed by atoms with E-state index in [2.05, 4.69) is 0 Å². The van der Waals surface area contributed by atoms with E-state index in [-0.39, 0.29) is 30.9 Å². The Balaban J connectivity index is 0. The van der Waals surface area contributed by atoms with Crippen LogP contribution in [0.15, 0.2) is 0 Å². The minimum Gasteiger partial charge on any atom is -0.328 e. The first-order valence-electron chi connectivity index (χ1n) is 3.63. The fourth-order valence-electron chi connectivity index (χ4n) is 1.30. The third-order valence-electron chi connectivity index (χ3n) is 1.80. The van der Waals surface area contributed by atoms with E-state index in [4.69, 9.17) is 14.3 Å². The van der Waals surface area contributed by atoms with Crippen LogP contribution in [0.5, 0.6) is 0 Å². The summed E-state index contributed by atoms with van der Waals surface area (Å²) in [7, 11) is -2.12. The third-order valence-corrected chi connectivity index (χ3v) is 2.28. The topological polar surface area (TPSA) is 49.7 Å². The largest absolute Gasteiger partial charge is 0.328 e. The summed E-state index contributed by atoms with van der Waals surface area (Å²) in [4.78, 5) is 17.0. The fourth-order valence-corrected chi connectivity index (χ4v) is 1.78. The van der Waals surface area contributed by atoms with Crippen LogP contribution in [0, 0.1) is 0 Å². The summed E-state index contributed by atoms with van der Waals surface area (Å²) >= 11 is 0. The van der Waals surface area contributed by atoms with Crippen molar-refractivity contribution in [1.82, 2.24) is 0 Å². The zero-order chi connectivity index (χ0) is 7.40. The molecule has 1 fully saturated rings. The van der Waals surface area contributed by atoms with E-state index in [0.29, 0.717) is 0 Å². The standard InChI is InChI=1S/C6H13O3P.2ClH/c7-10(8)9-6-4-2-1-3-5-6;;/h6-8H,1-5H2;2*1H. The highest BCUT2D eigenvalue weighted by Gasteiger charge is 2.16. The van der Waals surface area contributed by atoms with Gasteiger partial charge in [0.1, 0.15) is 0 Å². The lowest BCUT2D eigenvalue weighted by Crippen LogP contribution is -2.13. The Bertz CT molecular complexity index is 98.8. The van der Waals surface area contributed by atoms with Gasteiger partial charge < -0.3 is 14.3 Å². The van der Waals surface area contributed by atoms with E-state index in [1.54, 1.807) is 0 Å². The van der Waals surface area contributed by atoms with E-state index >= 15 is 0 Å². The molecule has 1 saturated carbocycles. The Kier molecular flexibility index (Phi) is 10.9. The molecule has 3 nitrogen and oxygen atoms in total. The number of rotatable bonds is 2. The monoisotopic (exact) mass is 236 g/mol. The van der Waals surface area contributed by atoms with Crippen molar-refractivity contribution in [1.29, 1.82) is 0 Å². The SMILES string of the molecule is Cl.Cl.OP(O)OC1CCCCC1. The molecule has 0 aromatic rings. The van der Waals surface area contributed by atoms with Gasteiger partial charge in [0.25, 0.3) is 0 Å². The molecule has 0 saturated heterocycles. The molecule has 0 aromatic heterocycles. The van der Waals surface area contributed by atoms with E-state index in [0.717, 1.165) is 25.7 Å². The molecule has 0 spiro atoms. The second-order valence-electron chi connectivity index (χ2n) is 2.62. The van der Waals surface area contributed by atoms with Gasteiger partial charge in [0.2, 0.25) is 0 Å². The molecule has 12 heavy (non-hydrogen) atoms. The van der Waals surface area contributed by atoms with Gasteiger partial charge in [0.15, 0.2) is 0 Å². The number of hydrogen-bond donors (Lipinski definition) is 2. The molecule has 0 unspecified atom stereocenters. The molecule has 0 amide bonds. The lowest BCUT2D eigenvalue weighted by molar-refractivity contribution is 0.133. The summed E-state index contributed by atoms with van der Waals surface area (Å²) in [6.45, 7) is 0. The second kappa shape index (κ2) is 8.49. The first kappa shape index (κ1) is 15.4. The first-order valence-corrected chi connectivity index (χ1v) is 4.80. The summed E-state index contributed by atoms with van der Waals surface area (Å²) in [5.74, 6) is 0. The fraction of sp³-hybridized carbons (Fsp3) is 1.00. The molecule has 6 heteroatoms. The van der Waals surface area contributed by atoms with Gasteiger partial charge in [0, 0.05) is 0 Å². The van der Waals surface area contributed by atoms with Gasteiger partial charge in [-0.05, 0) is 12.8 Å². The van der Waals surface area contributed by atoms with E-state index < -0.39 is 8.60 Å². The Morgan fingerprint density at radius 2 is 1.50 bits per heavy atom. The van der Waals surface area contributed by atoms with Crippen molar-refractivity contribution < 1.29 is 14.3 Å². The normalized spacial score (nSPS) is 18.2. The molecular weight excluding hydrogens is 222 g/mol. The molecule has 0 aliphatic heterocycles. The minimum atomic E-state index is -2.12. The van der Waals surface area contributed by atoms with Gasteiger partial charge in [-0.25, -0.2) is 0 Å². The predicted molar refractivity (Wildman–Crippen MR) is 53.8 cm³/mol. The van der Waals surface area contributed by atoms with Crippen LogP contribution in [0.3, 0.4) is 0 Å². The van der Waals surface area contributed by atoms with Gasteiger partial charge >= 0.3 is 8.60 Å². The Labute approximate surface area is 86.3 Å². The number of halogens is 2. The van der Waals surface area contributed by atoms with Crippen LogP contribution in [0.25, 0.3) is 0 Å². The molecule has 0 radical (unpaired) electrons. The molecular formula is C6H15Cl2O3P. The molecule has 1 rings (SSSR count). The van der Waals surface area contributed by atoms with E-state index in [1.807, 2.05) is 0 Å². The minimum absolute atomic E-state index is 0. The zero-order valence-electron chi connectivity index (χ0n) is 6.68. The van der Waals surface area contributed by atoms with Crippen LogP contribution in [0.2, 0.25) is 0 Å².